The molecule has 2 aliphatic heterocycles. The van der Waals surface area contributed by atoms with Crippen LogP contribution in [-0.4, -0.2) is 67.0 Å². The second-order valence-corrected chi connectivity index (χ2v) is 10.7. The topological polar surface area (TPSA) is 116 Å². The number of nitrogens with one attached hydrogen (secondary N) is 1. The van der Waals surface area contributed by atoms with Crippen LogP contribution >= 0.6 is 24.0 Å². The molecular weight excluding hydrogens is 616 g/mol. The quantitative estimate of drug-likeness (QED) is 0.405. The molecular formula is C24H33FIN5O5S. The molecule has 0 unspecified atom stereocenters. The number of halogens is 2. The minimum absolute atomic E-state index is 0. The van der Waals surface area contributed by atoms with Crippen LogP contribution in [0.2, 0.25) is 0 Å². The maximum Gasteiger partial charge on any atom is 0.303 e. The minimum atomic E-state index is -3.95. The van der Waals surface area contributed by atoms with E-state index in [1.54, 1.807) is 12.3 Å². The molecule has 37 heavy (non-hydrogen) atoms. The average Bonchev–Trinajstić information content (AvgIpc) is 3.61. The summed E-state index contributed by atoms with van der Waals surface area (Å²) in [4.78, 5) is 18.8. The van der Waals surface area contributed by atoms with Gasteiger partial charge in [0.2, 0.25) is 0 Å². The zero-order valence-electron chi connectivity index (χ0n) is 20.6. The van der Waals surface area contributed by atoms with Crippen molar-refractivity contribution < 1.29 is 28.9 Å². The third-order valence-electron chi connectivity index (χ3n) is 6.19. The summed E-state index contributed by atoms with van der Waals surface area (Å²) in [5.74, 6) is -1.21. The van der Waals surface area contributed by atoms with Gasteiger partial charge in [0.25, 0.3) is 5.91 Å². The zero-order chi connectivity index (χ0) is 25.9. The summed E-state index contributed by atoms with van der Waals surface area (Å²) in [5.41, 5.74) is 1.77. The number of imidazole rings is 1. The number of anilines is 1. The molecule has 10 nitrogen and oxygen atoms in total. The van der Waals surface area contributed by atoms with E-state index >= 15 is 0 Å². The number of phenolic OH excluding ortho intramolecular Hbond substituents is 1. The van der Waals surface area contributed by atoms with Crippen molar-refractivity contribution in [2.24, 2.45) is 0 Å². The van der Waals surface area contributed by atoms with Gasteiger partial charge in [-0.25, -0.2) is 14.1 Å². The van der Waals surface area contributed by atoms with Gasteiger partial charge in [-0.05, 0) is 56.0 Å². The monoisotopic (exact) mass is 649 g/mol. The van der Waals surface area contributed by atoms with Gasteiger partial charge in [0.15, 0.2) is 0 Å². The van der Waals surface area contributed by atoms with Crippen LogP contribution in [0.15, 0.2) is 42.7 Å². The fraction of sp³-hybridized carbons (Fsp3) is 0.417. The number of fused-ring (bicyclic) bond motifs is 1. The van der Waals surface area contributed by atoms with Gasteiger partial charge in [-0.1, -0.05) is 0 Å². The molecule has 2 N–H and O–H groups in total. The van der Waals surface area contributed by atoms with E-state index in [1.165, 1.54) is 55.7 Å². The lowest BCUT2D eigenvalue weighted by Crippen LogP contribution is -2.39. The first-order chi connectivity index (χ1) is 17.2. The summed E-state index contributed by atoms with van der Waals surface area (Å²) in [6.07, 6.45) is 7.12. The summed E-state index contributed by atoms with van der Waals surface area (Å²) in [5, 5.41) is 10.2. The van der Waals surface area contributed by atoms with Crippen molar-refractivity contribution in [1.29, 1.82) is 0 Å². The van der Waals surface area contributed by atoms with Gasteiger partial charge in [-0.2, -0.15) is 12.7 Å². The number of phenols is 1. The Morgan fingerprint density at radius 1 is 1.22 bits per heavy atom. The van der Waals surface area contributed by atoms with E-state index in [2.05, 4.69) is 4.98 Å². The fourth-order valence-corrected chi connectivity index (χ4v) is 4.79. The molecule has 204 valence electrons. The van der Waals surface area contributed by atoms with Gasteiger partial charge in [-0.3, -0.25) is 9.20 Å². The lowest BCUT2D eigenvalue weighted by atomic mass is 10.0. The number of rotatable bonds is 5. The predicted molar refractivity (Wildman–Crippen MR) is 150 cm³/mol. The van der Waals surface area contributed by atoms with Gasteiger partial charge in [-0.15, -0.1) is 24.0 Å². The van der Waals surface area contributed by atoms with Gasteiger partial charge in [0.1, 0.15) is 22.9 Å². The highest BCUT2D eigenvalue weighted by molar-refractivity contribution is 14.0. The molecule has 1 amide bonds. The number of hydrogen-bond donors (Lipinski definition) is 2. The van der Waals surface area contributed by atoms with Gasteiger partial charge < -0.3 is 14.7 Å². The molecule has 0 aliphatic carbocycles. The third kappa shape index (κ3) is 6.69. The Kier molecular flexibility index (Phi) is 9.72. The first-order valence-corrected chi connectivity index (χ1v) is 13.2. The van der Waals surface area contributed by atoms with E-state index in [-0.39, 0.29) is 42.9 Å². The fourth-order valence-electron chi connectivity index (χ4n) is 4.27. The number of carbonyl (C=O) groups excluding carboxylic acids is 1. The number of benzene rings is 1. The summed E-state index contributed by atoms with van der Waals surface area (Å²) in [6.45, 7) is 2.68. The molecule has 1 aromatic carbocycles. The number of aromatic nitrogens is 2. The third-order valence-corrected chi connectivity index (χ3v) is 7.59. The lowest BCUT2D eigenvalue weighted by molar-refractivity contribution is 0.0974. The molecule has 5 rings (SSSR count). The molecule has 4 heterocycles. The standard InChI is InChI=1S/C20H22FN5O4S.C4H8O.HI.H2/c1-24(2)31(29,30)23-20(28)17-11-22-19-8-6-14(12-26(17)19)25-9-3-4-16(25)15-10-13(21)5-7-18(15)27;1-2-4-5-3-1;;/h5-8,10-12,16,27H,3-4,9H2,1-2H3,(H,23,28);1-4H2;2*1H/t16-;;;/m1.../s1. The van der Waals surface area contributed by atoms with Crippen LogP contribution in [0.5, 0.6) is 5.75 Å². The predicted octanol–water partition coefficient (Wildman–Crippen LogP) is 3.72. The van der Waals surface area contributed by atoms with Crippen LogP contribution < -0.4 is 9.62 Å². The van der Waals surface area contributed by atoms with Crippen LogP contribution in [0.3, 0.4) is 0 Å². The van der Waals surface area contributed by atoms with E-state index in [0.29, 0.717) is 17.8 Å². The molecule has 0 radical (unpaired) electrons. The number of amides is 1. The van der Waals surface area contributed by atoms with Crippen LogP contribution in [0.1, 0.15) is 49.2 Å². The molecule has 0 saturated carbocycles. The molecule has 2 aliphatic rings. The van der Waals surface area contributed by atoms with E-state index in [4.69, 9.17) is 4.74 Å². The molecule has 13 heteroatoms. The maximum absolute atomic E-state index is 13.8. The second-order valence-electron chi connectivity index (χ2n) is 8.85. The van der Waals surface area contributed by atoms with Gasteiger partial charge in [0, 0.05) is 47.0 Å². The highest BCUT2D eigenvalue weighted by Crippen LogP contribution is 2.39. The number of carbonyl (C=O) groups is 1. The molecule has 2 fully saturated rings. The van der Waals surface area contributed by atoms with Crippen molar-refractivity contribution in [3.63, 3.8) is 0 Å². The Labute approximate surface area is 234 Å². The van der Waals surface area contributed by atoms with Gasteiger partial charge in [0.05, 0.1) is 17.9 Å². The number of nitrogens with zero attached hydrogens (tertiary/aromatic N) is 4. The average molecular weight is 650 g/mol. The molecule has 0 bridgehead atoms. The Morgan fingerprint density at radius 2 is 1.95 bits per heavy atom. The van der Waals surface area contributed by atoms with E-state index < -0.39 is 21.9 Å². The maximum atomic E-state index is 13.8. The summed E-state index contributed by atoms with van der Waals surface area (Å²) < 4.78 is 47.2. The Balaban J connectivity index is 0.000000651. The number of pyridine rings is 1. The number of ether oxygens (including phenoxy) is 1. The number of hydrogen-bond acceptors (Lipinski definition) is 7. The van der Waals surface area contributed by atoms with Crippen LogP contribution in [-0.2, 0) is 14.9 Å². The number of aromatic hydroxyl groups is 1. The summed E-state index contributed by atoms with van der Waals surface area (Å²) in [6, 6.07) is 7.20. The lowest BCUT2D eigenvalue weighted by Gasteiger charge is -2.28. The highest BCUT2D eigenvalue weighted by Gasteiger charge is 2.29. The van der Waals surface area contributed by atoms with Crippen molar-refractivity contribution >= 4 is 51.4 Å². The Morgan fingerprint density at radius 3 is 2.59 bits per heavy atom. The first kappa shape index (κ1) is 29.1. The van der Waals surface area contributed by atoms with E-state index in [1.807, 2.05) is 15.7 Å². The van der Waals surface area contributed by atoms with Crippen molar-refractivity contribution in [2.45, 2.75) is 31.7 Å². The van der Waals surface area contributed by atoms with Crippen molar-refractivity contribution in [1.82, 2.24) is 18.4 Å². The smallest absolute Gasteiger partial charge is 0.303 e. The zero-order valence-corrected chi connectivity index (χ0v) is 23.8. The normalized spacial score (nSPS) is 17.4. The molecule has 0 spiro atoms. The largest absolute Gasteiger partial charge is 0.508 e. The Bertz CT molecular complexity index is 1350. The van der Waals surface area contributed by atoms with Crippen LogP contribution in [0.25, 0.3) is 5.65 Å². The second kappa shape index (κ2) is 12.4. The molecule has 3 aromatic rings. The molecule has 1 atom stereocenters. The van der Waals surface area contributed by atoms with Gasteiger partial charge >= 0.3 is 10.2 Å². The Hall–Kier alpha value is -2.49. The minimum Gasteiger partial charge on any atom is -0.508 e. The van der Waals surface area contributed by atoms with Crippen LogP contribution in [0, 0.1) is 5.82 Å². The summed E-state index contributed by atoms with van der Waals surface area (Å²) in [7, 11) is -1.32. The summed E-state index contributed by atoms with van der Waals surface area (Å²) >= 11 is 0. The van der Waals surface area contributed by atoms with Crippen molar-refractivity contribution in [3.05, 3.63) is 59.8 Å². The van der Waals surface area contributed by atoms with Crippen molar-refractivity contribution in [3.8, 4) is 5.75 Å². The molecule has 2 saturated heterocycles. The van der Waals surface area contributed by atoms with Crippen LogP contribution in [0.4, 0.5) is 10.1 Å². The SMILES string of the molecule is C1CCOC1.CN(C)S(=O)(=O)NC(=O)c1cnc2ccc(N3CCC[C@@H]3c3cc(F)ccc3O)cn12.I.[HH]. The van der Waals surface area contributed by atoms with E-state index in [0.717, 1.165) is 36.0 Å². The van der Waals surface area contributed by atoms with E-state index in [9.17, 15) is 22.7 Å². The molecule has 2 aromatic heterocycles. The first-order valence-electron chi connectivity index (χ1n) is 11.7. The highest BCUT2D eigenvalue weighted by atomic mass is 127. The van der Waals surface area contributed by atoms with Crippen molar-refractivity contribution in [2.75, 3.05) is 38.8 Å².